The number of halogens is 2. The van der Waals surface area contributed by atoms with Gasteiger partial charge in [0.05, 0.1) is 24.0 Å². The van der Waals surface area contributed by atoms with Crippen molar-refractivity contribution < 1.29 is 17.5 Å². The van der Waals surface area contributed by atoms with Crippen molar-refractivity contribution in [3.8, 4) is 17.1 Å². The van der Waals surface area contributed by atoms with Crippen LogP contribution in [0.3, 0.4) is 0 Å². The molecule has 0 aliphatic rings. The predicted octanol–water partition coefficient (Wildman–Crippen LogP) is 2.43. The molecule has 11 nitrogen and oxygen atoms in total. The zero-order chi connectivity index (χ0) is 24.6. The van der Waals surface area contributed by atoms with Gasteiger partial charge in [0.25, 0.3) is 15.6 Å². The highest BCUT2D eigenvalue weighted by molar-refractivity contribution is 7.92. The minimum atomic E-state index is -4.35. The molecule has 176 valence electrons. The van der Waals surface area contributed by atoms with Crippen LogP contribution in [-0.4, -0.2) is 47.1 Å². The number of sulfonamides is 1. The Labute approximate surface area is 197 Å². The largest absolute Gasteiger partial charge is 0.480 e. The van der Waals surface area contributed by atoms with Crippen LogP contribution in [0.25, 0.3) is 22.4 Å². The monoisotopic (exact) mass is 505 g/mol. The van der Waals surface area contributed by atoms with Crippen molar-refractivity contribution in [2.24, 2.45) is 7.05 Å². The average Bonchev–Trinajstić information content (AvgIpc) is 2.82. The number of aryl methyl sites for hydroxylation is 1. The first-order valence-electron chi connectivity index (χ1n) is 9.59. The highest BCUT2D eigenvalue weighted by Crippen LogP contribution is 2.30. The molecule has 34 heavy (non-hydrogen) atoms. The van der Waals surface area contributed by atoms with Crippen LogP contribution in [0.2, 0.25) is 5.02 Å². The van der Waals surface area contributed by atoms with Crippen molar-refractivity contribution in [3.05, 3.63) is 57.9 Å². The Bertz CT molecular complexity index is 1590. The van der Waals surface area contributed by atoms with E-state index < -0.39 is 27.1 Å². The van der Waals surface area contributed by atoms with Crippen LogP contribution in [0.4, 0.5) is 16.0 Å². The summed E-state index contributed by atoms with van der Waals surface area (Å²) in [5.74, 6) is -0.943. The maximum Gasteiger partial charge on any atom is 0.278 e. The number of aromatic nitrogens is 5. The molecule has 0 radical (unpaired) electrons. The van der Waals surface area contributed by atoms with Gasteiger partial charge < -0.3 is 10.1 Å². The Morgan fingerprint density at radius 2 is 1.94 bits per heavy atom. The number of fused-ring (bicyclic) bond motifs is 1. The van der Waals surface area contributed by atoms with Crippen LogP contribution in [0.5, 0.6) is 5.88 Å². The number of benzene rings is 1. The number of ether oxygens (including phenoxy) is 1. The van der Waals surface area contributed by atoms with Crippen molar-refractivity contribution in [1.82, 2.24) is 24.5 Å². The standard InChI is InChI=1S/C20H17ClFN7O4S/c1-23-20-25-9-13-17(27-20)29(2)19(30)16(26-13)11-5-4-6-12(15(11)22)28-34(31,32)14-7-10(21)8-24-18(14)33-3/h4-9,28H,1-3H3,(H,23,25,27). The van der Waals surface area contributed by atoms with Crippen molar-refractivity contribution >= 4 is 44.4 Å². The van der Waals surface area contributed by atoms with E-state index in [1.807, 2.05) is 0 Å². The van der Waals surface area contributed by atoms with Crippen LogP contribution in [-0.2, 0) is 17.1 Å². The van der Waals surface area contributed by atoms with E-state index in [0.29, 0.717) is 0 Å². The number of nitrogens with zero attached hydrogens (tertiary/aromatic N) is 5. The van der Waals surface area contributed by atoms with Crippen LogP contribution >= 0.6 is 11.6 Å². The summed E-state index contributed by atoms with van der Waals surface area (Å²) in [5, 5.41) is 2.81. The normalized spacial score (nSPS) is 11.4. The molecule has 0 unspecified atom stereocenters. The molecular formula is C20H17ClFN7O4S. The van der Waals surface area contributed by atoms with E-state index in [1.165, 1.54) is 49.3 Å². The average molecular weight is 506 g/mol. The molecule has 0 bridgehead atoms. The van der Waals surface area contributed by atoms with Gasteiger partial charge in [0.2, 0.25) is 11.8 Å². The quantitative estimate of drug-likeness (QED) is 0.404. The maximum atomic E-state index is 15.5. The first kappa shape index (κ1) is 23.3. The highest BCUT2D eigenvalue weighted by Gasteiger charge is 2.25. The third-order valence-corrected chi connectivity index (χ3v) is 6.36. The molecule has 0 fully saturated rings. The summed E-state index contributed by atoms with van der Waals surface area (Å²) in [6.07, 6.45) is 2.60. The van der Waals surface area contributed by atoms with Gasteiger partial charge in [0.15, 0.2) is 16.4 Å². The number of methoxy groups -OCH3 is 1. The molecule has 0 aliphatic carbocycles. The van der Waals surface area contributed by atoms with Gasteiger partial charge in [0, 0.05) is 25.9 Å². The second-order valence-electron chi connectivity index (χ2n) is 6.91. The number of hydrogen-bond donors (Lipinski definition) is 2. The second-order valence-corrected chi connectivity index (χ2v) is 9.00. The number of rotatable bonds is 6. The maximum absolute atomic E-state index is 15.5. The Hall–Kier alpha value is -3.84. The van der Waals surface area contributed by atoms with Crippen molar-refractivity contribution in [2.45, 2.75) is 4.90 Å². The van der Waals surface area contributed by atoms with Crippen LogP contribution in [0, 0.1) is 5.82 Å². The lowest BCUT2D eigenvalue weighted by atomic mass is 10.1. The molecule has 1 aromatic carbocycles. The lowest BCUT2D eigenvalue weighted by Crippen LogP contribution is -2.22. The van der Waals surface area contributed by atoms with E-state index in [2.05, 4.69) is 30.0 Å². The molecule has 0 saturated carbocycles. The van der Waals surface area contributed by atoms with Crippen LogP contribution < -0.4 is 20.3 Å². The van der Waals surface area contributed by atoms with E-state index in [4.69, 9.17) is 16.3 Å². The fourth-order valence-electron chi connectivity index (χ4n) is 3.16. The lowest BCUT2D eigenvalue weighted by Gasteiger charge is -2.13. The van der Waals surface area contributed by atoms with E-state index in [0.717, 1.165) is 6.07 Å². The van der Waals surface area contributed by atoms with Gasteiger partial charge in [0.1, 0.15) is 11.2 Å². The third-order valence-electron chi connectivity index (χ3n) is 4.80. The second kappa shape index (κ2) is 8.83. The fraction of sp³-hybridized carbons (Fsp3) is 0.150. The molecule has 0 saturated heterocycles. The molecule has 14 heteroatoms. The van der Waals surface area contributed by atoms with Gasteiger partial charge in [-0.1, -0.05) is 17.7 Å². The topological polar surface area (TPSA) is 141 Å². The summed E-state index contributed by atoms with van der Waals surface area (Å²) in [5.41, 5.74) is -1.01. The minimum Gasteiger partial charge on any atom is -0.480 e. The van der Waals surface area contributed by atoms with E-state index in [-0.39, 0.29) is 44.2 Å². The molecule has 4 rings (SSSR count). The Balaban J connectivity index is 1.82. The number of nitrogens with one attached hydrogen (secondary N) is 2. The van der Waals surface area contributed by atoms with Gasteiger partial charge in [-0.3, -0.25) is 14.1 Å². The molecule has 0 amide bonds. The lowest BCUT2D eigenvalue weighted by molar-refractivity contribution is 0.385. The molecular weight excluding hydrogens is 489 g/mol. The minimum absolute atomic E-state index is 0.0444. The third kappa shape index (κ3) is 4.10. The van der Waals surface area contributed by atoms with Crippen molar-refractivity contribution in [1.29, 1.82) is 0 Å². The summed E-state index contributed by atoms with van der Waals surface area (Å²) in [4.78, 5) is 28.9. The summed E-state index contributed by atoms with van der Waals surface area (Å²) in [7, 11) is -0.0298. The van der Waals surface area contributed by atoms with E-state index >= 15 is 4.39 Å². The molecule has 0 atom stereocenters. The van der Waals surface area contributed by atoms with Gasteiger partial charge in [-0.15, -0.1) is 0 Å². The predicted molar refractivity (Wildman–Crippen MR) is 124 cm³/mol. The summed E-state index contributed by atoms with van der Waals surface area (Å²) in [6, 6.07) is 5.02. The first-order valence-corrected chi connectivity index (χ1v) is 11.4. The summed E-state index contributed by atoms with van der Waals surface area (Å²) in [6.45, 7) is 0. The first-order chi connectivity index (χ1) is 16.2. The smallest absolute Gasteiger partial charge is 0.278 e. The zero-order valence-electron chi connectivity index (χ0n) is 18.0. The SMILES string of the molecule is CNc1ncc2nc(-c3cccc(NS(=O)(=O)c4cc(Cl)cnc4OC)c3F)c(=O)n(C)c2n1. The van der Waals surface area contributed by atoms with Gasteiger partial charge in [-0.2, -0.15) is 4.98 Å². The zero-order valence-corrected chi connectivity index (χ0v) is 19.6. The van der Waals surface area contributed by atoms with E-state index in [1.54, 1.807) is 7.05 Å². The van der Waals surface area contributed by atoms with Crippen molar-refractivity contribution in [3.63, 3.8) is 0 Å². The summed E-state index contributed by atoms with van der Waals surface area (Å²) >= 11 is 5.87. The van der Waals surface area contributed by atoms with Crippen LogP contribution in [0.1, 0.15) is 0 Å². The van der Waals surface area contributed by atoms with Gasteiger partial charge >= 0.3 is 0 Å². The van der Waals surface area contributed by atoms with E-state index in [9.17, 15) is 13.2 Å². The molecule has 2 N–H and O–H groups in total. The molecule has 0 spiro atoms. The fourth-order valence-corrected chi connectivity index (χ4v) is 4.59. The molecule has 3 aromatic heterocycles. The number of pyridine rings is 1. The number of anilines is 2. The Kier molecular flexibility index (Phi) is 6.06. The van der Waals surface area contributed by atoms with Gasteiger partial charge in [-0.05, 0) is 18.2 Å². The van der Waals surface area contributed by atoms with Crippen molar-refractivity contribution in [2.75, 3.05) is 24.2 Å². The van der Waals surface area contributed by atoms with Gasteiger partial charge in [-0.25, -0.2) is 27.8 Å². The molecule has 0 aliphatic heterocycles. The van der Waals surface area contributed by atoms with Crippen LogP contribution in [0.15, 0.2) is 46.3 Å². The molecule has 3 heterocycles. The number of hydrogen-bond acceptors (Lipinski definition) is 9. The Morgan fingerprint density at radius 1 is 1.18 bits per heavy atom. The highest BCUT2D eigenvalue weighted by atomic mass is 35.5. The molecule has 4 aromatic rings. The summed E-state index contributed by atoms with van der Waals surface area (Å²) < 4.78 is 49.7. The Morgan fingerprint density at radius 3 is 2.65 bits per heavy atom.